The van der Waals surface area contributed by atoms with Gasteiger partial charge in [0.15, 0.2) is 0 Å². The van der Waals surface area contributed by atoms with Crippen molar-refractivity contribution >= 4 is 11.6 Å². The molecular formula is C10H14ClF3N2. The Morgan fingerprint density at radius 3 is 2.38 bits per heavy atom. The second kappa shape index (κ2) is 5.50. The minimum atomic E-state index is -4.38. The summed E-state index contributed by atoms with van der Waals surface area (Å²) in [5, 5.41) is 0.0826. The van der Waals surface area contributed by atoms with Crippen molar-refractivity contribution in [3.8, 4) is 0 Å². The van der Waals surface area contributed by atoms with Gasteiger partial charge in [0.2, 0.25) is 0 Å². The Hall–Kier alpha value is -0.810. The van der Waals surface area contributed by atoms with Crippen molar-refractivity contribution in [2.75, 3.05) is 0 Å². The molecule has 0 saturated carbocycles. The third-order valence-corrected chi connectivity index (χ3v) is 2.58. The summed E-state index contributed by atoms with van der Waals surface area (Å²) in [5.74, 6) is 0.0692. The lowest BCUT2D eigenvalue weighted by molar-refractivity contribution is -0.137. The molecule has 3 N–H and O–H groups in total. The molecule has 0 spiro atoms. The van der Waals surface area contributed by atoms with Crippen LogP contribution >= 0.6 is 11.6 Å². The summed E-state index contributed by atoms with van der Waals surface area (Å²) in [6, 6.07) is 0.927. The molecule has 0 amide bonds. The second-order valence-corrected chi connectivity index (χ2v) is 3.81. The van der Waals surface area contributed by atoms with Gasteiger partial charge in [-0.25, -0.2) is 0 Å². The molecule has 16 heavy (non-hydrogen) atoms. The lowest BCUT2D eigenvalue weighted by Gasteiger charge is -2.12. The minimum absolute atomic E-state index is 0. The standard InChI is InChI=1S/C10H11ClF3N.H3N/c1-3-6(2)9-8(11)4-7(5-15-9)10(12,13)14;/h4-6H,3H2,1-2H3;1H3. The van der Waals surface area contributed by atoms with Crippen LogP contribution in [0.25, 0.3) is 0 Å². The number of hydrogen-bond acceptors (Lipinski definition) is 2. The van der Waals surface area contributed by atoms with Gasteiger partial charge in [0, 0.05) is 6.20 Å². The molecule has 1 rings (SSSR count). The van der Waals surface area contributed by atoms with Gasteiger partial charge in [-0.05, 0) is 18.4 Å². The van der Waals surface area contributed by atoms with E-state index in [0.29, 0.717) is 5.69 Å². The fraction of sp³-hybridized carbons (Fsp3) is 0.500. The number of hydrogen-bond donors (Lipinski definition) is 1. The van der Waals surface area contributed by atoms with Gasteiger partial charge in [-0.2, -0.15) is 13.2 Å². The number of pyridine rings is 1. The quantitative estimate of drug-likeness (QED) is 0.849. The van der Waals surface area contributed by atoms with E-state index in [1.54, 1.807) is 0 Å². The summed E-state index contributed by atoms with van der Waals surface area (Å²) in [6.07, 6.45) is -2.77. The third-order valence-electron chi connectivity index (χ3n) is 2.28. The van der Waals surface area contributed by atoms with Crippen LogP contribution in [-0.4, -0.2) is 4.98 Å². The predicted molar refractivity (Wildman–Crippen MR) is 58.0 cm³/mol. The molecule has 0 aromatic carbocycles. The maximum atomic E-state index is 12.3. The lowest BCUT2D eigenvalue weighted by atomic mass is 10.0. The van der Waals surface area contributed by atoms with Gasteiger partial charge < -0.3 is 6.15 Å². The van der Waals surface area contributed by atoms with Crippen molar-refractivity contribution in [2.45, 2.75) is 32.4 Å². The van der Waals surface area contributed by atoms with Crippen molar-refractivity contribution in [1.29, 1.82) is 0 Å². The van der Waals surface area contributed by atoms with Gasteiger partial charge >= 0.3 is 6.18 Å². The number of halogens is 4. The van der Waals surface area contributed by atoms with E-state index in [4.69, 9.17) is 11.6 Å². The Labute approximate surface area is 97.4 Å². The monoisotopic (exact) mass is 254 g/mol. The Kier molecular flexibility index (Phi) is 5.22. The Balaban J connectivity index is 0.00000225. The molecule has 0 aliphatic carbocycles. The molecule has 6 heteroatoms. The van der Waals surface area contributed by atoms with Crippen molar-refractivity contribution < 1.29 is 13.2 Å². The summed E-state index contributed by atoms with van der Waals surface area (Å²) in [4.78, 5) is 3.76. The number of nitrogens with zero attached hydrogens (tertiary/aromatic N) is 1. The lowest BCUT2D eigenvalue weighted by Crippen LogP contribution is -2.07. The molecule has 0 saturated heterocycles. The van der Waals surface area contributed by atoms with Gasteiger partial charge in [0.25, 0.3) is 0 Å². The van der Waals surface area contributed by atoms with Crippen LogP contribution in [0.5, 0.6) is 0 Å². The fourth-order valence-electron chi connectivity index (χ4n) is 1.16. The Morgan fingerprint density at radius 1 is 1.44 bits per heavy atom. The maximum Gasteiger partial charge on any atom is 0.417 e. The largest absolute Gasteiger partial charge is 0.417 e. The first-order valence-corrected chi connectivity index (χ1v) is 4.96. The van der Waals surface area contributed by atoms with E-state index in [-0.39, 0.29) is 17.1 Å². The molecule has 1 unspecified atom stereocenters. The average Bonchev–Trinajstić information content (AvgIpc) is 2.15. The van der Waals surface area contributed by atoms with Gasteiger partial charge in [-0.15, -0.1) is 0 Å². The molecule has 1 aromatic rings. The van der Waals surface area contributed by atoms with E-state index in [9.17, 15) is 13.2 Å². The maximum absolute atomic E-state index is 12.3. The molecule has 1 heterocycles. The summed E-state index contributed by atoms with van der Waals surface area (Å²) in [6.45, 7) is 3.81. The summed E-state index contributed by atoms with van der Waals surface area (Å²) in [7, 11) is 0. The molecule has 0 aliphatic rings. The van der Waals surface area contributed by atoms with Crippen molar-refractivity contribution in [3.05, 3.63) is 28.5 Å². The van der Waals surface area contributed by atoms with E-state index in [2.05, 4.69) is 4.98 Å². The molecule has 1 atom stereocenters. The van der Waals surface area contributed by atoms with Crippen LogP contribution in [0.4, 0.5) is 13.2 Å². The predicted octanol–water partition coefficient (Wildman–Crippen LogP) is 4.43. The zero-order chi connectivity index (χ0) is 11.6. The first-order chi connectivity index (χ1) is 6.86. The number of alkyl halides is 3. The fourth-order valence-corrected chi connectivity index (χ4v) is 1.51. The summed E-state index contributed by atoms with van der Waals surface area (Å²) < 4.78 is 36.9. The molecule has 2 nitrogen and oxygen atoms in total. The topological polar surface area (TPSA) is 47.9 Å². The smallest absolute Gasteiger partial charge is 0.344 e. The highest BCUT2D eigenvalue weighted by molar-refractivity contribution is 6.31. The van der Waals surface area contributed by atoms with Crippen LogP contribution in [0.2, 0.25) is 5.02 Å². The first kappa shape index (κ1) is 15.2. The minimum Gasteiger partial charge on any atom is -0.344 e. The summed E-state index contributed by atoms with van der Waals surface area (Å²) in [5.41, 5.74) is -0.285. The number of rotatable bonds is 2. The van der Waals surface area contributed by atoms with Gasteiger partial charge in [0.05, 0.1) is 16.3 Å². The van der Waals surface area contributed by atoms with E-state index >= 15 is 0 Å². The molecule has 0 radical (unpaired) electrons. The van der Waals surface area contributed by atoms with Crippen LogP contribution in [-0.2, 0) is 6.18 Å². The number of aromatic nitrogens is 1. The first-order valence-electron chi connectivity index (χ1n) is 4.59. The van der Waals surface area contributed by atoms with Crippen molar-refractivity contribution in [2.24, 2.45) is 0 Å². The third kappa shape index (κ3) is 3.35. The van der Waals surface area contributed by atoms with Crippen molar-refractivity contribution in [1.82, 2.24) is 11.1 Å². The van der Waals surface area contributed by atoms with Crippen LogP contribution in [0, 0.1) is 0 Å². The molecular weight excluding hydrogens is 241 g/mol. The van der Waals surface area contributed by atoms with Crippen LogP contribution < -0.4 is 6.15 Å². The molecule has 1 aromatic heterocycles. The van der Waals surface area contributed by atoms with Crippen LogP contribution in [0.15, 0.2) is 12.3 Å². The summed E-state index contributed by atoms with van der Waals surface area (Å²) >= 11 is 5.75. The Bertz CT molecular complexity index is 352. The molecule has 92 valence electrons. The van der Waals surface area contributed by atoms with E-state index in [1.165, 1.54) is 0 Å². The normalized spacial score (nSPS) is 13.1. The SMILES string of the molecule is CCC(C)c1ncc(C(F)(F)F)cc1Cl.N. The van der Waals surface area contributed by atoms with Crippen LogP contribution in [0.1, 0.15) is 37.4 Å². The van der Waals surface area contributed by atoms with Crippen molar-refractivity contribution in [3.63, 3.8) is 0 Å². The van der Waals surface area contributed by atoms with Gasteiger partial charge in [-0.1, -0.05) is 25.4 Å². The molecule has 0 fully saturated rings. The van der Waals surface area contributed by atoms with Crippen LogP contribution in [0.3, 0.4) is 0 Å². The zero-order valence-electron chi connectivity index (χ0n) is 9.11. The zero-order valence-corrected chi connectivity index (χ0v) is 9.86. The molecule has 0 bridgehead atoms. The molecule has 0 aliphatic heterocycles. The highest BCUT2D eigenvalue weighted by atomic mass is 35.5. The highest BCUT2D eigenvalue weighted by Crippen LogP contribution is 2.33. The van der Waals surface area contributed by atoms with Gasteiger partial charge in [-0.3, -0.25) is 4.98 Å². The Morgan fingerprint density at radius 2 is 2.00 bits per heavy atom. The van der Waals surface area contributed by atoms with E-state index in [1.807, 2.05) is 13.8 Å². The van der Waals surface area contributed by atoms with Gasteiger partial charge in [0.1, 0.15) is 0 Å². The van der Waals surface area contributed by atoms with E-state index < -0.39 is 11.7 Å². The second-order valence-electron chi connectivity index (χ2n) is 3.40. The highest BCUT2D eigenvalue weighted by Gasteiger charge is 2.31. The van der Waals surface area contributed by atoms with E-state index in [0.717, 1.165) is 18.7 Å². The average molecular weight is 255 g/mol.